The highest BCUT2D eigenvalue weighted by atomic mass is 35.5. The van der Waals surface area contributed by atoms with Crippen molar-refractivity contribution < 1.29 is 4.74 Å². The van der Waals surface area contributed by atoms with Gasteiger partial charge in [0.25, 0.3) is 0 Å². The Morgan fingerprint density at radius 2 is 1.81 bits per heavy atom. The zero-order valence-corrected chi connectivity index (χ0v) is 14.9. The monoisotopic (exact) mass is 331 g/mol. The minimum absolute atomic E-state index is 0.198. The van der Waals surface area contributed by atoms with Crippen molar-refractivity contribution in [2.45, 2.75) is 44.9 Å². The number of benzene rings is 1. The van der Waals surface area contributed by atoms with Crippen LogP contribution in [-0.4, -0.2) is 26.8 Å². The zero-order valence-electron chi connectivity index (χ0n) is 13.3. The Morgan fingerprint density at radius 1 is 1.14 bits per heavy atom. The number of ether oxygens (including phenoxy) is 1. The lowest BCUT2D eigenvalue weighted by molar-refractivity contribution is 0.0461. The van der Waals surface area contributed by atoms with Crippen LogP contribution >= 0.6 is 23.2 Å². The summed E-state index contributed by atoms with van der Waals surface area (Å²) in [6.45, 7) is 6.71. The first-order valence-electron chi connectivity index (χ1n) is 7.86. The molecule has 0 radical (unpaired) electrons. The number of halogens is 2. The maximum atomic E-state index is 6.18. The highest BCUT2D eigenvalue weighted by molar-refractivity contribution is 6.42. The number of hydrogen-bond acceptors (Lipinski definition) is 2. The summed E-state index contributed by atoms with van der Waals surface area (Å²) in [4.78, 5) is 0. The van der Waals surface area contributed by atoms with E-state index < -0.39 is 0 Å². The van der Waals surface area contributed by atoms with Crippen LogP contribution in [0.15, 0.2) is 18.2 Å². The van der Waals surface area contributed by atoms with Gasteiger partial charge in [-0.3, -0.25) is 0 Å². The van der Waals surface area contributed by atoms with Gasteiger partial charge in [-0.15, -0.1) is 0 Å². The van der Waals surface area contributed by atoms with Gasteiger partial charge < -0.3 is 10.1 Å². The summed E-state index contributed by atoms with van der Waals surface area (Å²) in [5.41, 5.74) is 1.50. The van der Waals surface area contributed by atoms with Crippen LogP contribution in [0.3, 0.4) is 0 Å². The van der Waals surface area contributed by atoms with Crippen LogP contribution in [0, 0.1) is 0 Å². The molecule has 1 N–H and O–H groups in total. The number of nitrogens with one attached hydrogen (secondary N) is 1. The van der Waals surface area contributed by atoms with E-state index in [4.69, 9.17) is 27.9 Å². The van der Waals surface area contributed by atoms with Gasteiger partial charge in [-0.05, 0) is 62.4 Å². The van der Waals surface area contributed by atoms with Crippen LogP contribution in [-0.2, 0) is 10.2 Å². The van der Waals surface area contributed by atoms with Gasteiger partial charge in [0.1, 0.15) is 0 Å². The molecule has 0 bridgehead atoms. The van der Waals surface area contributed by atoms with Crippen LogP contribution in [0.25, 0.3) is 0 Å². The smallest absolute Gasteiger partial charge is 0.0595 e. The highest BCUT2D eigenvalue weighted by Gasteiger charge is 2.34. The van der Waals surface area contributed by atoms with Gasteiger partial charge >= 0.3 is 0 Å². The van der Waals surface area contributed by atoms with Crippen molar-refractivity contribution >= 4 is 23.2 Å². The fraction of sp³-hybridized carbons (Fsp3) is 0.647. The summed E-state index contributed by atoms with van der Waals surface area (Å²) < 4.78 is 5.53. The van der Waals surface area contributed by atoms with Gasteiger partial charge in [-0.1, -0.05) is 43.1 Å². The molecule has 0 aromatic heterocycles. The molecule has 21 heavy (non-hydrogen) atoms. The molecule has 0 aliphatic carbocycles. The fourth-order valence-electron chi connectivity index (χ4n) is 2.87. The minimum atomic E-state index is 0.198. The molecule has 1 fully saturated rings. The molecule has 1 aromatic rings. The Bertz CT molecular complexity index is 417. The molecular weight excluding hydrogens is 305 g/mol. The summed E-state index contributed by atoms with van der Waals surface area (Å²) in [6.07, 6.45) is 4.45. The van der Waals surface area contributed by atoms with Gasteiger partial charge in [0.15, 0.2) is 0 Å². The van der Waals surface area contributed by atoms with Crippen LogP contribution in [0.4, 0.5) is 0 Å². The van der Waals surface area contributed by atoms with E-state index in [2.05, 4.69) is 11.4 Å². The molecule has 2 nitrogen and oxygen atoms in total. The van der Waals surface area contributed by atoms with Crippen molar-refractivity contribution in [2.24, 2.45) is 0 Å². The molecule has 1 aromatic carbocycles. The second-order valence-corrected chi connectivity index (χ2v) is 6.04. The van der Waals surface area contributed by atoms with Crippen LogP contribution in [0.2, 0.25) is 10.0 Å². The molecule has 0 unspecified atom stereocenters. The SMILES string of the molecule is CC.CNCCCC1(c2ccc(Cl)c(Cl)c2)CCOCC1. The fourth-order valence-corrected chi connectivity index (χ4v) is 3.17. The molecule has 1 aliphatic heterocycles. The van der Waals surface area contributed by atoms with Gasteiger partial charge in [0.05, 0.1) is 10.0 Å². The number of rotatable bonds is 5. The Labute approximate surface area is 139 Å². The second-order valence-electron chi connectivity index (χ2n) is 5.23. The molecule has 0 amide bonds. The molecule has 0 atom stereocenters. The Kier molecular flexibility index (Phi) is 8.65. The summed E-state index contributed by atoms with van der Waals surface area (Å²) in [5, 5.41) is 4.50. The van der Waals surface area contributed by atoms with Crippen LogP contribution in [0.5, 0.6) is 0 Å². The molecule has 1 heterocycles. The third-order valence-electron chi connectivity index (χ3n) is 4.06. The third kappa shape index (κ3) is 5.14. The molecule has 1 saturated heterocycles. The van der Waals surface area contributed by atoms with Gasteiger partial charge in [-0.2, -0.15) is 0 Å². The summed E-state index contributed by atoms with van der Waals surface area (Å²) >= 11 is 12.2. The average Bonchev–Trinajstić information content (AvgIpc) is 2.53. The minimum Gasteiger partial charge on any atom is -0.381 e. The quantitative estimate of drug-likeness (QED) is 0.760. The summed E-state index contributed by atoms with van der Waals surface area (Å²) in [7, 11) is 2.00. The summed E-state index contributed by atoms with van der Waals surface area (Å²) in [6, 6.07) is 6.07. The van der Waals surface area contributed by atoms with Gasteiger partial charge in [0.2, 0.25) is 0 Å². The van der Waals surface area contributed by atoms with E-state index in [1.54, 1.807) is 0 Å². The summed E-state index contributed by atoms with van der Waals surface area (Å²) in [5.74, 6) is 0. The molecule has 4 heteroatoms. The number of hydrogen-bond donors (Lipinski definition) is 1. The topological polar surface area (TPSA) is 21.3 Å². The van der Waals surface area contributed by atoms with E-state index in [9.17, 15) is 0 Å². The molecule has 2 rings (SSSR count). The first-order valence-corrected chi connectivity index (χ1v) is 8.61. The lowest BCUT2D eigenvalue weighted by atomic mass is 9.71. The maximum absolute atomic E-state index is 6.18. The average molecular weight is 332 g/mol. The van der Waals surface area contributed by atoms with Crippen molar-refractivity contribution in [1.82, 2.24) is 5.32 Å². The first-order chi connectivity index (χ1) is 10.2. The van der Waals surface area contributed by atoms with Gasteiger partial charge in [0, 0.05) is 13.2 Å². The van der Waals surface area contributed by atoms with Crippen molar-refractivity contribution in [1.29, 1.82) is 0 Å². The zero-order chi connectivity index (χ0) is 15.7. The van der Waals surface area contributed by atoms with E-state index in [-0.39, 0.29) is 5.41 Å². The largest absolute Gasteiger partial charge is 0.381 e. The predicted molar refractivity (Wildman–Crippen MR) is 92.7 cm³/mol. The standard InChI is InChI=1S/C15H21Cl2NO.C2H6/c1-18-8-2-5-15(6-9-19-10-7-15)12-3-4-13(16)14(17)11-12;1-2/h3-4,11,18H,2,5-10H2,1H3;1-2H3. The van der Waals surface area contributed by atoms with E-state index in [0.717, 1.165) is 45.4 Å². The molecule has 0 spiro atoms. The van der Waals surface area contributed by atoms with Crippen LogP contribution < -0.4 is 5.32 Å². The van der Waals surface area contributed by atoms with Gasteiger partial charge in [-0.25, -0.2) is 0 Å². The Balaban J connectivity index is 0.00000106. The first kappa shape index (κ1) is 18.8. The molecular formula is C17H27Cl2NO. The molecule has 1 aliphatic rings. The predicted octanol–water partition coefficient (Wildman–Crippen LogP) is 5.07. The second kappa shape index (κ2) is 9.68. The normalized spacial score (nSPS) is 17.0. The Hall–Kier alpha value is -0.280. The lowest BCUT2D eigenvalue weighted by Crippen LogP contribution is -2.34. The van der Waals surface area contributed by atoms with Crippen molar-refractivity contribution in [3.05, 3.63) is 33.8 Å². The molecule has 0 saturated carbocycles. The third-order valence-corrected chi connectivity index (χ3v) is 4.80. The van der Waals surface area contributed by atoms with Crippen molar-refractivity contribution in [3.63, 3.8) is 0 Å². The van der Waals surface area contributed by atoms with Crippen LogP contribution in [0.1, 0.15) is 45.1 Å². The molecule has 120 valence electrons. The van der Waals surface area contributed by atoms with E-state index >= 15 is 0 Å². The highest BCUT2D eigenvalue weighted by Crippen LogP contribution is 2.40. The van der Waals surface area contributed by atoms with Crippen molar-refractivity contribution in [3.8, 4) is 0 Å². The maximum Gasteiger partial charge on any atom is 0.0595 e. The van der Waals surface area contributed by atoms with Crippen molar-refractivity contribution in [2.75, 3.05) is 26.8 Å². The van der Waals surface area contributed by atoms with E-state index in [0.29, 0.717) is 10.0 Å². The van der Waals surface area contributed by atoms with E-state index in [1.165, 1.54) is 5.56 Å². The lowest BCUT2D eigenvalue weighted by Gasteiger charge is -2.38. The van der Waals surface area contributed by atoms with E-state index in [1.807, 2.05) is 33.0 Å². The Morgan fingerprint density at radius 3 is 2.38 bits per heavy atom.